The zero-order chi connectivity index (χ0) is 12.3. The number of hydrogen-bond donors (Lipinski definition) is 0. The highest BCUT2D eigenvalue weighted by atomic mass is 28.1. The van der Waals surface area contributed by atoms with Gasteiger partial charge in [-0.25, -0.2) is 0 Å². The SMILES string of the molecule is [Si][C]1C2=C(c3ccccc31)C([Si])c1ccccc12. The van der Waals surface area contributed by atoms with E-state index in [-0.39, 0.29) is 0 Å². The van der Waals surface area contributed by atoms with Crippen LogP contribution in [0, 0.1) is 5.54 Å². The van der Waals surface area contributed by atoms with Crippen LogP contribution < -0.4 is 0 Å². The monoisotopic (exact) mass is 257 g/mol. The molecule has 1 unspecified atom stereocenters. The van der Waals surface area contributed by atoms with Crippen LogP contribution >= 0.6 is 0 Å². The standard InChI is InChI=1S/C16H9Si2/c17-15-11-7-3-1-5-9(11)13-14(15)10-6-2-4-8-12(10)16(13)18/h1-8,15H. The summed E-state index contributed by atoms with van der Waals surface area (Å²) in [7, 11) is 7.74. The van der Waals surface area contributed by atoms with Crippen LogP contribution in [0.2, 0.25) is 0 Å². The molecule has 0 nitrogen and oxygen atoms in total. The van der Waals surface area contributed by atoms with Gasteiger partial charge in [-0.2, -0.15) is 0 Å². The van der Waals surface area contributed by atoms with Gasteiger partial charge in [-0.05, 0) is 38.9 Å². The molecule has 0 bridgehead atoms. The molecule has 0 saturated carbocycles. The van der Waals surface area contributed by atoms with Gasteiger partial charge in [0.1, 0.15) is 0 Å². The molecule has 2 heteroatoms. The second kappa shape index (κ2) is 3.56. The lowest BCUT2D eigenvalue weighted by molar-refractivity contribution is 1.25. The van der Waals surface area contributed by atoms with E-state index in [1.54, 1.807) is 0 Å². The molecule has 2 aliphatic rings. The minimum absolute atomic E-state index is 0.297. The molecular formula is C16H9Si2. The molecular weight excluding hydrogens is 248 g/mol. The fraction of sp³-hybridized carbons (Fsp3) is 0.0625. The van der Waals surface area contributed by atoms with E-state index in [0.29, 0.717) is 5.54 Å². The Hall–Kier alpha value is -1.39. The third-order valence-electron chi connectivity index (χ3n) is 3.84. The van der Waals surface area contributed by atoms with Crippen molar-refractivity contribution >= 4 is 31.6 Å². The van der Waals surface area contributed by atoms with Crippen LogP contribution in [-0.2, 0) is 0 Å². The van der Waals surface area contributed by atoms with E-state index in [4.69, 9.17) is 0 Å². The molecule has 2 aromatic rings. The number of rotatable bonds is 0. The molecule has 0 fully saturated rings. The molecule has 1 atom stereocenters. The van der Waals surface area contributed by atoms with Crippen LogP contribution in [0.5, 0.6) is 0 Å². The molecule has 2 aromatic carbocycles. The highest BCUT2D eigenvalue weighted by molar-refractivity contribution is 6.39. The number of fused-ring (bicyclic) bond motifs is 4. The first kappa shape index (κ1) is 10.5. The third-order valence-corrected chi connectivity index (χ3v) is 4.95. The summed E-state index contributed by atoms with van der Waals surface area (Å²) < 4.78 is 0. The molecule has 2 aliphatic carbocycles. The summed E-state index contributed by atoms with van der Waals surface area (Å²) >= 11 is 0. The minimum Gasteiger partial charge on any atom is -0.0619 e. The molecule has 81 valence electrons. The summed E-state index contributed by atoms with van der Waals surface area (Å²) in [4.78, 5) is 0. The van der Waals surface area contributed by atoms with Gasteiger partial charge in [0.25, 0.3) is 0 Å². The molecule has 0 aromatic heterocycles. The molecule has 18 heavy (non-hydrogen) atoms. The van der Waals surface area contributed by atoms with Crippen molar-refractivity contribution in [3.63, 3.8) is 0 Å². The van der Waals surface area contributed by atoms with Gasteiger partial charge in [0.2, 0.25) is 0 Å². The molecule has 0 spiro atoms. The molecule has 0 saturated heterocycles. The second-order valence-electron chi connectivity index (χ2n) is 4.73. The Bertz CT molecular complexity index is 626. The zero-order valence-electron chi connectivity index (χ0n) is 9.70. The lowest BCUT2D eigenvalue weighted by Crippen LogP contribution is -2.02. The van der Waals surface area contributed by atoms with Gasteiger partial charge < -0.3 is 0 Å². The average molecular weight is 257 g/mol. The van der Waals surface area contributed by atoms with Gasteiger partial charge in [-0.3, -0.25) is 0 Å². The van der Waals surface area contributed by atoms with E-state index >= 15 is 0 Å². The van der Waals surface area contributed by atoms with Crippen LogP contribution in [0.3, 0.4) is 0 Å². The van der Waals surface area contributed by atoms with Crippen molar-refractivity contribution in [2.24, 2.45) is 0 Å². The highest BCUT2D eigenvalue weighted by Crippen LogP contribution is 2.55. The fourth-order valence-electron chi connectivity index (χ4n) is 3.05. The van der Waals surface area contributed by atoms with Crippen molar-refractivity contribution < 1.29 is 0 Å². The summed E-state index contributed by atoms with van der Waals surface area (Å²) in [6.07, 6.45) is 0. The van der Waals surface area contributed by atoms with Crippen LogP contribution in [0.4, 0.5) is 0 Å². The molecule has 4 rings (SSSR count). The summed E-state index contributed by atoms with van der Waals surface area (Å²) in [6, 6.07) is 17.2. The van der Waals surface area contributed by atoms with Crippen molar-refractivity contribution in [1.29, 1.82) is 0 Å². The normalized spacial score (nSPS) is 20.9. The van der Waals surface area contributed by atoms with Crippen molar-refractivity contribution in [2.45, 2.75) is 5.54 Å². The summed E-state index contributed by atoms with van der Waals surface area (Å²) in [5.74, 6) is 0. The third kappa shape index (κ3) is 1.15. The lowest BCUT2D eigenvalue weighted by Gasteiger charge is -2.14. The van der Waals surface area contributed by atoms with Gasteiger partial charge in [-0.15, -0.1) is 0 Å². The van der Waals surface area contributed by atoms with Gasteiger partial charge in [0.05, 0.1) is 0 Å². The summed E-state index contributed by atoms with van der Waals surface area (Å²) in [6.45, 7) is 0. The van der Waals surface area contributed by atoms with Crippen LogP contribution in [0.15, 0.2) is 48.5 Å². The van der Waals surface area contributed by atoms with E-state index in [1.165, 1.54) is 38.9 Å². The van der Waals surface area contributed by atoms with E-state index < -0.39 is 0 Å². The predicted molar refractivity (Wildman–Crippen MR) is 76.3 cm³/mol. The number of allylic oxidation sites excluding steroid dienone is 2. The molecule has 0 heterocycles. The topological polar surface area (TPSA) is 0 Å². The van der Waals surface area contributed by atoms with E-state index in [2.05, 4.69) is 69.0 Å². The van der Waals surface area contributed by atoms with Gasteiger partial charge in [0, 0.05) is 26.0 Å². The largest absolute Gasteiger partial charge is 0.0619 e. The highest BCUT2D eigenvalue weighted by Gasteiger charge is 2.38. The van der Waals surface area contributed by atoms with Gasteiger partial charge >= 0.3 is 0 Å². The van der Waals surface area contributed by atoms with Crippen LogP contribution in [0.25, 0.3) is 11.1 Å². The van der Waals surface area contributed by atoms with Crippen molar-refractivity contribution in [3.05, 3.63) is 76.3 Å². The van der Waals surface area contributed by atoms with E-state index in [0.717, 1.165) is 0 Å². The maximum atomic E-state index is 3.91. The molecule has 0 N–H and O–H groups in total. The summed E-state index contributed by atoms with van der Waals surface area (Å²) in [5.41, 5.74) is 9.61. The molecule has 7 radical (unpaired) electrons. The average Bonchev–Trinajstić information content (AvgIpc) is 2.87. The first-order chi connectivity index (χ1) is 8.79. The Morgan fingerprint density at radius 3 is 2.17 bits per heavy atom. The van der Waals surface area contributed by atoms with Gasteiger partial charge in [-0.1, -0.05) is 48.5 Å². The maximum Gasteiger partial charge on any atom is 0.0457 e. The Morgan fingerprint density at radius 2 is 1.39 bits per heavy atom. The van der Waals surface area contributed by atoms with E-state index in [1.807, 2.05) is 0 Å². The molecule has 0 aliphatic heterocycles. The Labute approximate surface area is 114 Å². The quantitative estimate of drug-likeness (QED) is 0.637. The van der Waals surface area contributed by atoms with Gasteiger partial charge in [0.15, 0.2) is 0 Å². The van der Waals surface area contributed by atoms with Crippen molar-refractivity contribution in [3.8, 4) is 0 Å². The number of hydrogen-bond acceptors (Lipinski definition) is 0. The summed E-state index contributed by atoms with van der Waals surface area (Å²) in [5, 5.41) is 0. The Morgan fingerprint density at radius 1 is 0.778 bits per heavy atom. The fourth-order valence-corrected chi connectivity index (χ4v) is 4.09. The lowest BCUT2D eigenvalue weighted by atomic mass is 9.98. The second-order valence-corrected chi connectivity index (χ2v) is 5.81. The zero-order valence-corrected chi connectivity index (χ0v) is 11.7. The molecule has 0 amide bonds. The van der Waals surface area contributed by atoms with Crippen LogP contribution in [-0.4, -0.2) is 20.5 Å². The van der Waals surface area contributed by atoms with E-state index in [9.17, 15) is 0 Å². The Kier molecular flexibility index (Phi) is 2.08. The first-order valence-electron chi connectivity index (χ1n) is 6.02. The predicted octanol–water partition coefficient (Wildman–Crippen LogP) is 2.88. The van der Waals surface area contributed by atoms with Crippen molar-refractivity contribution in [2.75, 3.05) is 0 Å². The Balaban J connectivity index is 2.02. The minimum atomic E-state index is 0.297. The van der Waals surface area contributed by atoms with Crippen LogP contribution in [0.1, 0.15) is 27.8 Å². The maximum absolute atomic E-state index is 3.91. The number of benzene rings is 2. The van der Waals surface area contributed by atoms with Crippen molar-refractivity contribution in [1.82, 2.24) is 0 Å². The smallest absolute Gasteiger partial charge is 0.0457 e. The first-order valence-corrected chi connectivity index (χ1v) is 7.10.